The number of carbonyl (C=O) groups excluding carboxylic acids is 1. The van der Waals surface area contributed by atoms with Crippen LogP contribution in [0.25, 0.3) is 0 Å². The predicted octanol–water partition coefficient (Wildman–Crippen LogP) is 4.57. The van der Waals surface area contributed by atoms with Crippen LogP contribution in [-0.4, -0.2) is 5.91 Å². The molecule has 2 aromatic carbocycles. The summed E-state index contributed by atoms with van der Waals surface area (Å²) in [6.45, 7) is 2.21. The van der Waals surface area contributed by atoms with Gasteiger partial charge >= 0.3 is 0 Å². The number of amides is 1. The van der Waals surface area contributed by atoms with Gasteiger partial charge in [0.2, 0.25) is 0 Å². The Bertz CT molecular complexity index is 795. The summed E-state index contributed by atoms with van der Waals surface area (Å²) in [5.41, 5.74) is 1.82. The molecule has 0 unspecified atom stereocenters. The first-order valence-corrected chi connectivity index (χ1v) is 7.30. The molecule has 1 aromatic heterocycles. The Labute approximate surface area is 134 Å². The van der Waals surface area contributed by atoms with Gasteiger partial charge in [0.25, 0.3) is 5.91 Å². The van der Waals surface area contributed by atoms with E-state index in [0.717, 1.165) is 5.56 Å². The van der Waals surface area contributed by atoms with Gasteiger partial charge in [-0.3, -0.25) is 4.79 Å². The third kappa shape index (κ3) is 3.31. The van der Waals surface area contributed by atoms with Gasteiger partial charge in [0.1, 0.15) is 11.6 Å². The van der Waals surface area contributed by atoms with Gasteiger partial charge in [-0.2, -0.15) is 0 Å². The maximum Gasteiger partial charge on any atom is 0.261 e. The van der Waals surface area contributed by atoms with E-state index in [1.807, 2.05) is 31.2 Å². The van der Waals surface area contributed by atoms with Crippen molar-refractivity contribution < 1.29 is 13.6 Å². The van der Waals surface area contributed by atoms with E-state index in [4.69, 9.17) is 4.42 Å². The van der Waals surface area contributed by atoms with Crippen molar-refractivity contribution in [3.8, 4) is 0 Å². The van der Waals surface area contributed by atoms with E-state index < -0.39 is 11.7 Å². The fourth-order valence-electron chi connectivity index (χ4n) is 2.34. The summed E-state index contributed by atoms with van der Waals surface area (Å²) in [4.78, 5) is 14.3. The van der Waals surface area contributed by atoms with Crippen molar-refractivity contribution >= 4 is 11.6 Å². The zero-order chi connectivity index (χ0) is 16.2. The smallest absolute Gasteiger partial charge is 0.261 e. The standard InChI is InChI=1S/C19H16FNO2/c1-14-8-10-15(11-9-14)21(13-16-5-4-12-23-16)19(22)17-6-2-3-7-18(17)20/h2-12H,13H2,1H3. The number of hydrogen-bond acceptors (Lipinski definition) is 2. The van der Waals surface area contributed by atoms with Crippen LogP contribution >= 0.6 is 0 Å². The molecule has 0 atom stereocenters. The molecule has 3 rings (SSSR count). The molecule has 0 saturated carbocycles. The fraction of sp³-hybridized carbons (Fsp3) is 0.105. The van der Waals surface area contributed by atoms with E-state index in [2.05, 4.69) is 0 Å². The highest BCUT2D eigenvalue weighted by Crippen LogP contribution is 2.22. The fourth-order valence-corrected chi connectivity index (χ4v) is 2.34. The first kappa shape index (κ1) is 15.0. The minimum absolute atomic E-state index is 0.0413. The van der Waals surface area contributed by atoms with Gasteiger partial charge in [-0.25, -0.2) is 4.39 Å². The van der Waals surface area contributed by atoms with Crippen molar-refractivity contribution in [2.24, 2.45) is 0 Å². The molecule has 0 aliphatic heterocycles. The predicted molar refractivity (Wildman–Crippen MR) is 86.8 cm³/mol. The number of benzene rings is 2. The lowest BCUT2D eigenvalue weighted by atomic mass is 10.1. The second kappa shape index (κ2) is 6.48. The van der Waals surface area contributed by atoms with Gasteiger partial charge < -0.3 is 9.32 Å². The summed E-state index contributed by atoms with van der Waals surface area (Å²) in [7, 11) is 0. The molecule has 0 aliphatic rings. The zero-order valence-electron chi connectivity index (χ0n) is 12.7. The molecule has 0 saturated heterocycles. The lowest BCUT2D eigenvalue weighted by molar-refractivity contribution is 0.0979. The van der Waals surface area contributed by atoms with Crippen LogP contribution in [0.4, 0.5) is 10.1 Å². The van der Waals surface area contributed by atoms with E-state index in [9.17, 15) is 9.18 Å². The highest BCUT2D eigenvalue weighted by molar-refractivity contribution is 6.06. The molecular formula is C19H16FNO2. The van der Waals surface area contributed by atoms with Gasteiger partial charge in [0.15, 0.2) is 0 Å². The third-order valence-corrected chi connectivity index (χ3v) is 3.59. The van der Waals surface area contributed by atoms with Crippen molar-refractivity contribution in [2.45, 2.75) is 13.5 Å². The molecule has 3 aromatic rings. The Morgan fingerprint density at radius 2 is 1.78 bits per heavy atom. The molecule has 0 fully saturated rings. The molecule has 0 radical (unpaired) electrons. The van der Waals surface area contributed by atoms with E-state index in [1.165, 1.54) is 17.0 Å². The van der Waals surface area contributed by atoms with E-state index in [-0.39, 0.29) is 12.1 Å². The molecule has 0 spiro atoms. The van der Waals surface area contributed by atoms with Gasteiger partial charge in [-0.05, 0) is 43.3 Å². The average molecular weight is 309 g/mol. The molecule has 1 amide bonds. The van der Waals surface area contributed by atoms with E-state index >= 15 is 0 Å². The zero-order valence-corrected chi connectivity index (χ0v) is 12.7. The molecule has 23 heavy (non-hydrogen) atoms. The lowest BCUT2D eigenvalue weighted by Gasteiger charge is -2.22. The number of anilines is 1. The van der Waals surface area contributed by atoms with Gasteiger partial charge in [-0.15, -0.1) is 0 Å². The Morgan fingerprint density at radius 3 is 2.43 bits per heavy atom. The maximum absolute atomic E-state index is 14.0. The summed E-state index contributed by atoms with van der Waals surface area (Å²) in [5, 5.41) is 0. The Kier molecular flexibility index (Phi) is 4.24. The molecule has 3 nitrogen and oxygen atoms in total. The quantitative estimate of drug-likeness (QED) is 0.707. The average Bonchev–Trinajstić information content (AvgIpc) is 3.07. The Hall–Kier alpha value is -2.88. The molecule has 4 heteroatoms. The third-order valence-electron chi connectivity index (χ3n) is 3.59. The molecule has 0 bridgehead atoms. The molecule has 0 N–H and O–H groups in total. The van der Waals surface area contributed by atoms with Crippen molar-refractivity contribution in [1.29, 1.82) is 0 Å². The van der Waals surface area contributed by atoms with Crippen LogP contribution in [0.1, 0.15) is 21.7 Å². The molecule has 1 heterocycles. The maximum atomic E-state index is 14.0. The first-order valence-electron chi connectivity index (χ1n) is 7.30. The largest absolute Gasteiger partial charge is 0.467 e. The minimum atomic E-state index is -0.533. The minimum Gasteiger partial charge on any atom is -0.467 e. The summed E-state index contributed by atoms with van der Waals surface area (Å²) < 4.78 is 19.3. The van der Waals surface area contributed by atoms with Gasteiger partial charge in [0, 0.05) is 5.69 Å². The highest BCUT2D eigenvalue weighted by atomic mass is 19.1. The van der Waals surface area contributed by atoms with Gasteiger partial charge in [-0.1, -0.05) is 29.8 Å². The number of rotatable bonds is 4. The normalized spacial score (nSPS) is 10.5. The summed E-state index contributed by atoms with van der Waals surface area (Å²) in [5.74, 6) is -0.298. The number of carbonyl (C=O) groups is 1. The highest BCUT2D eigenvalue weighted by Gasteiger charge is 2.21. The topological polar surface area (TPSA) is 33.5 Å². The molecular weight excluding hydrogens is 293 g/mol. The van der Waals surface area contributed by atoms with Crippen LogP contribution in [0.5, 0.6) is 0 Å². The van der Waals surface area contributed by atoms with Crippen LogP contribution in [0.2, 0.25) is 0 Å². The van der Waals surface area contributed by atoms with Crippen LogP contribution in [0.3, 0.4) is 0 Å². The van der Waals surface area contributed by atoms with E-state index in [1.54, 1.807) is 30.5 Å². The van der Waals surface area contributed by atoms with E-state index in [0.29, 0.717) is 11.4 Å². The second-order valence-corrected chi connectivity index (χ2v) is 5.29. The number of nitrogens with zero attached hydrogens (tertiary/aromatic N) is 1. The molecule has 0 aliphatic carbocycles. The molecule has 116 valence electrons. The van der Waals surface area contributed by atoms with Crippen molar-refractivity contribution in [3.63, 3.8) is 0 Å². The van der Waals surface area contributed by atoms with Crippen LogP contribution in [0.15, 0.2) is 71.3 Å². The Morgan fingerprint density at radius 1 is 1.04 bits per heavy atom. The lowest BCUT2D eigenvalue weighted by Crippen LogP contribution is -2.31. The first-order chi connectivity index (χ1) is 11.1. The number of halogens is 1. The summed E-state index contributed by atoms with van der Waals surface area (Å²) in [6.07, 6.45) is 1.55. The second-order valence-electron chi connectivity index (χ2n) is 5.29. The number of hydrogen-bond donors (Lipinski definition) is 0. The number of aryl methyl sites for hydroxylation is 1. The van der Waals surface area contributed by atoms with Crippen molar-refractivity contribution in [3.05, 3.63) is 89.6 Å². The van der Waals surface area contributed by atoms with Crippen LogP contribution in [0, 0.1) is 12.7 Å². The number of furan rings is 1. The SMILES string of the molecule is Cc1ccc(N(Cc2ccco2)C(=O)c2ccccc2F)cc1. The van der Waals surface area contributed by atoms with Crippen LogP contribution < -0.4 is 4.90 Å². The van der Waals surface area contributed by atoms with Gasteiger partial charge in [0.05, 0.1) is 18.4 Å². The summed E-state index contributed by atoms with van der Waals surface area (Å²) in [6, 6.07) is 17.1. The van der Waals surface area contributed by atoms with Crippen LogP contribution in [-0.2, 0) is 6.54 Å². The summed E-state index contributed by atoms with van der Waals surface area (Å²) >= 11 is 0. The van der Waals surface area contributed by atoms with Crippen molar-refractivity contribution in [1.82, 2.24) is 0 Å². The monoisotopic (exact) mass is 309 g/mol. The Balaban J connectivity index is 1.99. The van der Waals surface area contributed by atoms with Crippen molar-refractivity contribution in [2.75, 3.05) is 4.90 Å².